The fraction of sp³-hybridized carbons (Fsp3) is 0.500. The van der Waals surface area contributed by atoms with E-state index in [1.807, 2.05) is 30.0 Å². The molecule has 3 heterocycles. The molecule has 2 aromatic heterocycles. The highest BCUT2D eigenvalue weighted by molar-refractivity contribution is 5.76. The predicted molar refractivity (Wildman–Crippen MR) is 76.6 cm³/mol. The van der Waals surface area contributed by atoms with E-state index in [1.165, 1.54) is 0 Å². The average Bonchev–Trinajstić information content (AvgIpc) is 3.07. The van der Waals surface area contributed by atoms with E-state index < -0.39 is 0 Å². The van der Waals surface area contributed by atoms with Crippen molar-refractivity contribution in [1.29, 1.82) is 0 Å². The number of pyridine rings is 1. The SMILES string of the molecule is Cc1cccc2nc(NCCC(=O)N3CCCC3)nn12. The Morgan fingerprint density at radius 1 is 1.35 bits per heavy atom. The summed E-state index contributed by atoms with van der Waals surface area (Å²) < 4.78 is 1.80. The summed E-state index contributed by atoms with van der Waals surface area (Å²) in [6.45, 7) is 4.38. The molecule has 1 aliphatic heterocycles. The van der Waals surface area contributed by atoms with Crippen molar-refractivity contribution in [3.05, 3.63) is 23.9 Å². The van der Waals surface area contributed by atoms with E-state index in [4.69, 9.17) is 0 Å². The lowest BCUT2D eigenvalue weighted by Crippen LogP contribution is -2.29. The number of hydrogen-bond acceptors (Lipinski definition) is 4. The highest BCUT2D eigenvalue weighted by atomic mass is 16.2. The molecule has 0 bridgehead atoms. The van der Waals surface area contributed by atoms with E-state index in [9.17, 15) is 4.79 Å². The summed E-state index contributed by atoms with van der Waals surface area (Å²) in [5.41, 5.74) is 1.86. The maximum absolute atomic E-state index is 11.9. The van der Waals surface area contributed by atoms with Crippen LogP contribution >= 0.6 is 0 Å². The number of anilines is 1. The zero-order valence-electron chi connectivity index (χ0n) is 11.7. The fourth-order valence-electron chi connectivity index (χ4n) is 2.52. The van der Waals surface area contributed by atoms with Crippen LogP contribution in [-0.4, -0.2) is 45.0 Å². The lowest BCUT2D eigenvalue weighted by Gasteiger charge is -2.14. The van der Waals surface area contributed by atoms with Gasteiger partial charge in [0.25, 0.3) is 0 Å². The minimum absolute atomic E-state index is 0.218. The number of amides is 1. The maximum Gasteiger partial charge on any atom is 0.243 e. The van der Waals surface area contributed by atoms with Gasteiger partial charge in [-0.2, -0.15) is 4.98 Å². The molecule has 20 heavy (non-hydrogen) atoms. The third-order valence-electron chi connectivity index (χ3n) is 3.63. The molecule has 1 fully saturated rings. The van der Waals surface area contributed by atoms with Crippen molar-refractivity contribution in [2.45, 2.75) is 26.2 Å². The topological polar surface area (TPSA) is 62.5 Å². The third-order valence-corrected chi connectivity index (χ3v) is 3.63. The molecule has 6 heteroatoms. The van der Waals surface area contributed by atoms with E-state index >= 15 is 0 Å². The molecular weight excluding hydrogens is 254 g/mol. The van der Waals surface area contributed by atoms with Crippen LogP contribution in [0, 0.1) is 6.92 Å². The van der Waals surface area contributed by atoms with Gasteiger partial charge in [0.05, 0.1) is 0 Å². The Balaban J connectivity index is 1.57. The number of carbonyl (C=O) groups excluding carboxylic acids is 1. The van der Waals surface area contributed by atoms with Crippen molar-refractivity contribution in [3.8, 4) is 0 Å². The number of likely N-dealkylation sites (tertiary alicyclic amines) is 1. The number of aromatic nitrogens is 3. The molecule has 6 nitrogen and oxygen atoms in total. The molecule has 106 valence electrons. The molecule has 1 saturated heterocycles. The number of nitrogens with one attached hydrogen (secondary N) is 1. The van der Waals surface area contributed by atoms with Gasteiger partial charge in [0.1, 0.15) is 0 Å². The predicted octanol–water partition coefficient (Wildman–Crippen LogP) is 1.46. The van der Waals surface area contributed by atoms with Crippen LogP contribution in [0.3, 0.4) is 0 Å². The second-order valence-corrected chi connectivity index (χ2v) is 5.14. The number of nitrogens with zero attached hydrogens (tertiary/aromatic N) is 4. The normalized spacial score (nSPS) is 14.9. The largest absolute Gasteiger partial charge is 0.352 e. The van der Waals surface area contributed by atoms with Gasteiger partial charge in [-0.15, -0.1) is 5.10 Å². The van der Waals surface area contributed by atoms with E-state index in [-0.39, 0.29) is 5.91 Å². The number of fused-ring (bicyclic) bond motifs is 1. The zero-order valence-corrected chi connectivity index (χ0v) is 11.7. The molecule has 0 spiro atoms. The average molecular weight is 273 g/mol. The number of aryl methyl sites for hydroxylation is 1. The highest BCUT2D eigenvalue weighted by Gasteiger charge is 2.17. The Labute approximate surface area is 117 Å². The van der Waals surface area contributed by atoms with E-state index in [0.29, 0.717) is 18.9 Å². The van der Waals surface area contributed by atoms with Crippen molar-refractivity contribution >= 4 is 17.5 Å². The van der Waals surface area contributed by atoms with Gasteiger partial charge in [-0.3, -0.25) is 4.79 Å². The van der Waals surface area contributed by atoms with Crippen LogP contribution in [0.4, 0.5) is 5.95 Å². The molecule has 0 unspecified atom stereocenters. The van der Waals surface area contributed by atoms with Crippen LogP contribution in [0.2, 0.25) is 0 Å². The molecule has 0 aromatic carbocycles. The van der Waals surface area contributed by atoms with Gasteiger partial charge in [-0.1, -0.05) is 6.07 Å². The number of rotatable bonds is 4. The molecule has 0 atom stereocenters. The Morgan fingerprint density at radius 2 is 2.15 bits per heavy atom. The molecule has 0 radical (unpaired) electrons. The number of hydrogen-bond donors (Lipinski definition) is 1. The van der Waals surface area contributed by atoms with E-state index in [0.717, 1.165) is 37.3 Å². The molecular formula is C14H19N5O. The Kier molecular flexibility index (Phi) is 3.54. The lowest BCUT2D eigenvalue weighted by molar-refractivity contribution is -0.129. The molecule has 0 saturated carbocycles. The summed E-state index contributed by atoms with van der Waals surface area (Å²) in [5, 5.41) is 7.50. The van der Waals surface area contributed by atoms with Crippen molar-refractivity contribution < 1.29 is 4.79 Å². The first kappa shape index (κ1) is 12.9. The van der Waals surface area contributed by atoms with Crippen molar-refractivity contribution in [3.63, 3.8) is 0 Å². The van der Waals surface area contributed by atoms with Gasteiger partial charge in [-0.25, -0.2) is 4.52 Å². The molecule has 0 aliphatic carbocycles. The lowest BCUT2D eigenvalue weighted by atomic mass is 10.3. The minimum Gasteiger partial charge on any atom is -0.352 e. The van der Waals surface area contributed by atoms with Gasteiger partial charge < -0.3 is 10.2 Å². The summed E-state index contributed by atoms with van der Waals surface area (Å²) in [4.78, 5) is 18.2. The van der Waals surface area contributed by atoms with Gasteiger partial charge in [0, 0.05) is 31.7 Å². The van der Waals surface area contributed by atoms with Crippen LogP contribution in [0.25, 0.3) is 5.65 Å². The zero-order chi connectivity index (χ0) is 13.9. The summed E-state index contributed by atoms with van der Waals surface area (Å²) in [7, 11) is 0. The number of carbonyl (C=O) groups is 1. The molecule has 1 N–H and O–H groups in total. The van der Waals surface area contributed by atoms with Crippen LogP contribution in [-0.2, 0) is 4.79 Å². The Hall–Kier alpha value is -2.11. The highest BCUT2D eigenvalue weighted by Crippen LogP contribution is 2.10. The van der Waals surface area contributed by atoms with Gasteiger partial charge in [-0.05, 0) is 31.9 Å². The maximum atomic E-state index is 11.9. The first-order chi connectivity index (χ1) is 9.74. The second kappa shape index (κ2) is 5.48. The van der Waals surface area contributed by atoms with Gasteiger partial charge in [0.15, 0.2) is 5.65 Å². The monoisotopic (exact) mass is 273 g/mol. The van der Waals surface area contributed by atoms with Gasteiger partial charge in [0.2, 0.25) is 11.9 Å². The fourth-order valence-corrected chi connectivity index (χ4v) is 2.52. The summed E-state index contributed by atoms with van der Waals surface area (Å²) in [5.74, 6) is 0.795. The first-order valence-corrected chi connectivity index (χ1v) is 7.08. The van der Waals surface area contributed by atoms with E-state index in [1.54, 1.807) is 4.52 Å². The van der Waals surface area contributed by atoms with Crippen molar-refractivity contribution in [2.24, 2.45) is 0 Å². The first-order valence-electron chi connectivity index (χ1n) is 7.08. The molecule has 1 amide bonds. The van der Waals surface area contributed by atoms with Crippen molar-refractivity contribution in [1.82, 2.24) is 19.5 Å². The second-order valence-electron chi connectivity index (χ2n) is 5.14. The van der Waals surface area contributed by atoms with Crippen LogP contribution < -0.4 is 5.32 Å². The van der Waals surface area contributed by atoms with E-state index in [2.05, 4.69) is 15.4 Å². The summed E-state index contributed by atoms with van der Waals surface area (Å²) in [6.07, 6.45) is 2.76. The smallest absolute Gasteiger partial charge is 0.243 e. The summed E-state index contributed by atoms with van der Waals surface area (Å²) in [6, 6.07) is 5.86. The quantitative estimate of drug-likeness (QED) is 0.916. The van der Waals surface area contributed by atoms with Crippen LogP contribution in [0.5, 0.6) is 0 Å². The van der Waals surface area contributed by atoms with Crippen LogP contribution in [0.15, 0.2) is 18.2 Å². The third kappa shape index (κ3) is 2.59. The van der Waals surface area contributed by atoms with Crippen LogP contribution in [0.1, 0.15) is 25.0 Å². The molecule has 1 aliphatic rings. The molecule has 3 rings (SSSR count). The minimum atomic E-state index is 0.218. The standard InChI is InChI=1S/C14H19N5O/c1-11-5-4-6-12-16-14(17-19(11)12)15-8-7-13(20)18-9-2-3-10-18/h4-6H,2-3,7-10H2,1H3,(H,15,17). The van der Waals surface area contributed by atoms with Gasteiger partial charge >= 0.3 is 0 Å². The Bertz CT molecular complexity index is 615. The Morgan fingerprint density at radius 3 is 2.90 bits per heavy atom. The van der Waals surface area contributed by atoms with Crippen molar-refractivity contribution in [2.75, 3.05) is 25.0 Å². The molecule has 2 aromatic rings. The summed E-state index contributed by atoms with van der Waals surface area (Å²) >= 11 is 0.